The first kappa shape index (κ1) is 14.6. The summed E-state index contributed by atoms with van der Waals surface area (Å²) in [5.74, 6) is 1.05. The van der Waals surface area contributed by atoms with Gasteiger partial charge in [-0.05, 0) is 38.9 Å². The Morgan fingerprint density at radius 1 is 1.42 bits per heavy atom. The highest BCUT2D eigenvalue weighted by molar-refractivity contribution is 5.16. The van der Waals surface area contributed by atoms with Crippen LogP contribution in [0.5, 0.6) is 0 Å². The molecular formula is C15H26N2O2. The van der Waals surface area contributed by atoms with Crippen LogP contribution in [0.1, 0.15) is 37.5 Å². The highest BCUT2D eigenvalue weighted by Crippen LogP contribution is 2.16. The lowest BCUT2D eigenvalue weighted by atomic mass is 10.1. The number of nitrogens with zero attached hydrogens (tertiary/aromatic N) is 1. The van der Waals surface area contributed by atoms with Crippen LogP contribution in [0, 0.1) is 0 Å². The molecule has 0 radical (unpaired) electrons. The minimum atomic E-state index is 0.405. The Morgan fingerprint density at radius 3 is 3.05 bits per heavy atom. The molecule has 0 aromatic carbocycles. The summed E-state index contributed by atoms with van der Waals surface area (Å²) in [5.41, 5.74) is 1.28. The van der Waals surface area contributed by atoms with Crippen LogP contribution in [0.2, 0.25) is 0 Å². The highest BCUT2D eigenvalue weighted by Gasteiger charge is 2.17. The lowest BCUT2D eigenvalue weighted by Gasteiger charge is -2.27. The molecule has 0 amide bonds. The third-order valence-electron chi connectivity index (χ3n) is 3.60. The number of hydrogen-bond acceptors (Lipinski definition) is 4. The maximum Gasteiger partial charge on any atom is 0.122 e. The summed E-state index contributed by atoms with van der Waals surface area (Å²) in [6, 6.07) is 2.07. The molecule has 2 heterocycles. The Morgan fingerprint density at radius 2 is 2.32 bits per heavy atom. The van der Waals surface area contributed by atoms with Gasteiger partial charge in [0.2, 0.25) is 0 Å². The van der Waals surface area contributed by atoms with Crippen molar-refractivity contribution in [3.63, 3.8) is 0 Å². The SMILES string of the molecule is CCNCc1occc1CN(C)CC1CCCCO1. The first-order valence-corrected chi connectivity index (χ1v) is 7.35. The highest BCUT2D eigenvalue weighted by atomic mass is 16.5. The van der Waals surface area contributed by atoms with Gasteiger partial charge in [0, 0.05) is 25.3 Å². The van der Waals surface area contributed by atoms with E-state index in [0.717, 1.165) is 38.5 Å². The monoisotopic (exact) mass is 266 g/mol. The van der Waals surface area contributed by atoms with Gasteiger partial charge in [0.05, 0.1) is 18.9 Å². The average Bonchev–Trinajstić information content (AvgIpc) is 2.84. The van der Waals surface area contributed by atoms with Crippen molar-refractivity contribution < 1.29 is 9.15 Å². The zero-order valence-electron chi connectivity index (χ0n) is 12.2. The quantitative estimate of drug-likeness (QED) is 0.822. The summed E-state index contributed by atoms with van der Waals surface area (Å²) in [6.07, 6.45) is 5.90. The molecule has 19 heavy (non-hydrogen) atoms. The Balaban J connectivity index is 1.80. The smallest absolute Gasteiger partial charge is 0.122 e. The van der Waals surface area contributed by atoms with Crippen molar-refractivity contribution in [2.45, 2.75) is 45.4 Å². The Bertz CT molecular complexity index is 359. The van der Waals surface area contributed by atoms with Crippen LogP contribution >= 0.6 is 0 Å². The fourth-order valence-electron chi connectivity index (χ4n) is 2.56. The average molecular weight is 266 g/mol. The van der Waals surface area contributed by atoms with Gasteiger partial charge >= 0.3 is 0 Å². The van der Waals surface area contributed by atoms with Crippen LogP contribution in [0.25, 0.3) is 0 Å². The summed E-state index contributed by atoms with van der Waals surface area (Å²) in [5, 5.41) is 3.31. The van der Waals surface area contributed by atoms with E-state index in [1.807, 2.05) is 0 Å². The van der Waals surface area contributed by atoms with Crippen LogP contribution in [-0.2, 0) is 17.8 Å². The lowest BCUT2D eigenvalue weighted by Crippen LogP contribution is -2.33. The molecule has 108 valence electrons. The summed E-state index contributed by atoms with van der Waals surface area (Å²) in [6.45, 7) is 6.74. The Hall–Kier alpha value is -0.840. The van der Waals surface area contributed by atoms with Crippen LogP contribution in [0.15, 0.2) is 16.7 Å². The second-order valence-electron chi connectivity index (χ2n) is 5.33. The van der Waals surface area contributed by atoms with Crippen LogP contribution in [0.4, 0.5) is 0 Å². The number of furan rings is 1. The number of likely N-dealkylation sites (N-methyl/N-ethyl adjacent to an activating group) is 1. The summed E-state index contributed by atoms with van der Waals surface area (Å²) >= 11 is 0. The molecule has 1 aliphatic rings. The van der Waals surface area contributed by atoms with E-state index in [1.165, 1.54) is 24.8 Å². The van der Waals surface area contributed by atoms with Crippen molar-refractivity contribution in [3.8, 4) is 0 Å². The molecular weight excluding hydrogens is 240 g/mol. The first-order chi connectivity index (χ1) is 9.29. The van der Waals surface area contributed by atoms with Crippen LogP contribution in [0.3, 0.4) is 0 Å². The van der Waals surface area contributed by atoms with Gasteiger partial charge in [-0.2, -0.15) is 0 Å². The van der Waals surface area contributed by atoms with Crippen molar-refractivity contribution in [2.24, 2.45) is 0 Å². The van der Waals surface area contributed by atoms with Gasteiger partial charge < -0.3 is 14.5 Å². The Labute approximate surface area is 116 Å². The van der Waals surface area contributed by atoms with Crippen LogP contribution < -0.4 is 5.32 Å². The van der Waals surface area contributed by atoms with Crippen molar-refractivity contribution in [3.05, 3.63) is 23.7 Å². The van der Waals surface area contributed by atoms with Crippen molar-refractivity contribution in [2.75, 3.05) is 26.7 Å². The fraction of sp³-hybridized carbons (Fsp3) is 0.733. The standard InChI is InChI=1S/C15H26N2O2/c1-3-16-10-15-13(7-9-19-15)11-17(2)12-14-6-4-5-8-18-14/h7,9,14,16H,3-6,8,10-12H2,1-2H3. The molecule has 1 aromatic rings. The zero-order valence-corrected chi connectivity index (χ0v) is 12.2. The van der Waals surface area contributed by atoms with E-state index in [9.17, 15) is 0 Å². The normalized spacial score (nSPS) is 20.1. The number of hydrogen-bond donors (Lipinski definition) is 1. The zero-order chi connectivity index (χ0) is 13.5. The molecule has 0 aliphatic carbocycles. The minimum absolute atomic E-state index is 0.405. The van der Waals surface area contributed by atoms with E-state index in [4.69, 9.17) is 9.15 Å². The summed E-state index contributed by atoms with van der Waals surface area (Å²) in [7, 11) is 2.15. The molecule has 1 saturated heterocycles. The van der Waals surface area contributed by atoms with E-state index in [1.54, 1.807) is 6.26 Å². The third kappa shape index (κ3) is 4.64. The maximum absolute atomic E-state index is 5.79. The van der Waals surface area contributed by atoms with E-state index in [2.05, 4.69) is 30.3 Å². The second-order valence-corrected chi connectivity index (χ2v) is 5.33. The predicted molar refractivity (Wildman–Crippen MR) is 76.0 cm³/mol. The van der Waals surface area contributed by atoms with Gasteiger partial charge in [-0.3, -0.25) is 4.90 Å². The third-order valence-corrected chi connectivity index (χ3v) is 3.60. The molecule has 4 nitrogen and oxygen atoms in total. The molecule has 0 spiro atoms. The summed E-state index contributed by atoms with van der Waals surface area (Å²) < 4.78 is 11.3. The molecule has 0 saturated carbocycles. The van der Waals surface area contributed by atoms with E-state index >= 15 is 0 Å². The first-order valence-electron chi connectivity index (χ1n) is 7.35. The molecule has 1 aromatic heterocycles. The van der Waals surface area contributed by atoms with E-state index in [0.29, 0.717) is 6.10 Å². The second kappa shape index (κ2) is 7.68. The molecule has 1 N–H and O–H groups in total. The molecule has 4 heteroatoms. The van der Waals surface area contributed by atoms with Gasteiger partial charge in [0.15, 0.2) is 0 Å². The van der Waals surface area contributed by atoms with Gasteiger partial charge in [0.25, 0.3) is 0 Å². The molecule has 1 atom stereocenters. The van der Waals surface area contributed by atoms with Gasteiger partial charge in [-0.25, -0.2) is 0 Å². The lowest BCUT2D eigenvalue weighted by molar-refractivity contribution is -0.00266. The molecule has 1 fully saturated rings. The number of ether oxygens (including phenoxy) is 1. The summed E-state index contributed by atoms with van der Waals surface area (Å²) in [4.78, 5) is 2.33. The van der Waals surface area contributed by atoms with Gasteiger partial charge in [-0.15, -0.1) is 0 Å². The largest absolute Gasteiger partial charge is 0.468 e. The molecule has 0 bridgehead atoms. The van der Waals surface area contributed by atoms with Crippen molar-refractivity contribution >= 4 is 0 Å². The Kier molecular flexibility index (Phi) is 5.89. The van der Waals surface area contributed by atoms with Crippen molar-refractivity contribution in [1.82, 2.24) is 10.2 Å². The number of nitrogens with one attached hydrogen (secondary N) is 1. The fourth-order valence-corrected chi connectivity index (χ4v) is 2.56. The van der Waals surface area contributed by atoms with E-state index in [-0.39, 0.29) is 0 Å². The molecule has 1 unspecified atom stereocenters. The number of rotatable bonds is 7. The topological polar surface area (TPSA) is 37.6 Å². The van der Waals surface area contributed by atoms with Gasteiger partial charge in [0.1, 0.15) is 5.76 Å². The van der Waals surface area contributed by atoms with E-state index < -0.39 is 0 Å². The molecule has 1 aliphatic heterocycles. The maximum atomic E-state index is 5.79. The predicted octanol–water partition coefficient (Wildman–Crippen LogP) is 2.39. The van der Waals surface area contributed by atoms with Gasteiger partial charge in [-0.1, -0.05) is 6.92 Å². The van der Waals surface area contributed by atoms with Crippen LogP contribution in [-0.4, -0.2) is 37.7 Å². The van der Waals surface area contributed by atoms with Crippen molar-refractivity contribution in [1.29, 1.82) is 0 Å². The molecule has 2 rings (SSSR count). The minimum Gasteiger partial charge on any atom is -0.468 e.